The first-order chi connectivity index (χ1) is 15.3. The van der Waals surface area contributed by atoms with E-state index in [0.717, 1.165) is 45.2 Å². The average Bonchev–Trinajstić information content (AvgIpc) is 3.15. The second-order valence-corrected chi connectivity index (χ2v) is 11.1. The molecule has 0 radical (unpaired) electrons. The van der Waals surface area contributed by atoms with E-state index in [1.807, 2.05) is 4.90 Å². The molecular weight excluding hydrogens is 434 g/mol. The zero-order chi connectivity index (χ0) is 22.8. The van der Waals surface area contributed by atoms with Crippen LogP contribution in [0.25, 0.3) is 0 Å². The molecule has 1 heterocycles. The zero-order valence-electron chi connectivity index (χ0n) is 20.4. The van der Waals surface area contributed by atoms with Crippen molar-refractivity contribution in [2.75, 3.05) is 13.1 Å². The lowest BCUT2D eigenvalue weighted by Gasteiger charge is -2.41. The fourth-order valence-corrected chi connectivity index (χ4v) is 6.14. The Morgan fingerprint density at radius 1 is 1.12 bits per heavy atom. The van der Waals surface area contributed by atoms with Gasteiger partial charge in [0.05, 0.1) is 5.54 Å². The smallest absolute Gasteiger partial charge is 0.245 e. The van der Waals surface area contributed by atoms with Gasteiger partial charge in [-0.05, 0) is 74.8 Å². The van der Waals surface area contributed by atoms with E-state index < -0.39 is 11.6 Å². The molecule has 6 heteroatoms. The highest BCUT2D eigenvalue weighted by atomic mass is 35.5. The Labute approximate surface area is 205 Å². The highest BCUT2D eigenvalue weighted by molar-refractivity contribution is 5.91. The minimum absolute atomic E-state index is 0. The number of rotatable bonds is 6. The number of nitrogens with one attached hydrogen (secondary N) is 1. The third kappa shape index (κ3) is 5.92. The molecule has 1 spiro atoms. The van der Waals surface area contributed by atoms with Gasteiger partial charge < -0.3 is 16.0 Å². The summed E-state index contributed by atoms with van der Waals surface area (Å²) in [5.74, 6) is 0.527. The van der Waals surface area contributed by atoms with Crippen molar-refractivity contribution in [2.24, 2.45) is 11.7 Å². The van der Waals surface area contributed by atoms with Gasteiger partial charge in [0.2, 0.25) is 11.8 Å². The molecule has 2 aliphatic carbocycles. The molecule has 3 aliphatic rings. The number of nitrogens with zero attached hydrogens (tertiary/aromatic N) is 1. The van der Waals surface area contributed by atoms with E-state index in [4.69, 9.17) is 5.73 Å². The Morgan fingerprint density at radius 2 is 1.79 bits per heavy atom. The Hall–Kier alpha value is -1.59. The summed E-state index contributed by atoms with van der Waals surface area (Å²) in [5.41, 5.74) is 8.26. The number of amides is 2. The molecule has 1 atom stereocenters. The van der Waals surface area contributed by atoms with Gasteiger partial charge in [-0.15, -0.1) is 12.4 Å². The summed E-state index contributed by atoms with van der Waals surface area (Å²) in [7, 11) is 0. The number of nitrogens with two attached hydrogens (primary N) is 1. The Bertz CT molecular complexity index is 821. The largest absolute Gasteiger partial charge is 0.343 e. The molecule has 1 aromatic carbocycles. The van der Waals surface area contributed by atoms with Gasteiger partial charge in [-0.1, -0.05) is 56.4 Å². The van der Waals surface area contributed by atoms with E-state index in [0.29, 0.717) is 5.92 Å². The lowest BCUT2D eigenvalue weighted by atomic mass is 9.73. The van der Waals surface area contributed by atoms with Crippen LogP contribution in [0.15, 0.2) is 24.3 Å². The summed E-state index contributed by atoms with van der Waals surface area (Å²) in [4.78, 5) is 28.2. The van der Waals surface area contributed by atoms with Gasteiger partial charge in [-0.25, -0.2) is 0 Å². The molecule has 4 rings (SSSR count). The predicted octanol–water partition coefficient (Wildman–Crippen LogP) is 4.50. The first-order valence-electron chi connectivity index (χ1n) is 12.8. The Balaban J connectivity index is 0.00000306. The summed E-state index contributed by atoms with van der Waals surface area (Å²) in [6.45, 7) is 4.95. The molecule has 5 nitrogen and oxygen atoms in total. The lowest BCUT2D eigenvalue weighted by molar-refractivity contribution is -0.139. The third-order valence-corrected chi connectivity index (χ3v) is 8.27. The first kappa shape index (κ1) is 26.0. The molecule has 1 unspecified atom stereocenters. The molecule has 1 aliphatic heterocycles. The monoisotopic (exact) mass is 475 g/mol. The van der Waals surface area contributed by atoms with Crippen LogP contribution in [0.4, 0.5) is 0 Å². The summed E-state index contributed by atoms with van der Waals surface area (Å²) in [5, 5.41) is 3.02. The minimum atomic E-state index is -0.983. The summed E-state index contributed by atoms with van der Waals surface area (Å²) >= 11 is 0. The zero-order valence-corrected chi connectivity index (χ0v) is 21.2. The number of aryl methyl sites for hydroxylation is 1. The van der Waals surface area contributed by atoms with Crippen molar-refractivity contribution in [1.29, 1.82) is 0 Å². The lowest BCUT2D eigenvalue weighted by Crippen LogP contribution is -2.57. The number of carbonyl (C=O) groups excluding carboxylic acids is 2. The fourth-order valence-electron chi connectivity index (χ4n) is 6.14. The van der Waals surface area contributed by atoms with Gasteiger partial charge in [0.1, 0.15) is 6.04 Å². The number of hydrogen-bond acceptors (Lipinski definition) is 3. The highest BCUT2D eigenvalue weighted by Gasteiger charge is 2.42. The number of carbonyl (C=O) groups is 2. The number of fused-ring (bicyclic) bond motifs is 2. The molecule has 2 fully saturated rings. The molecule has 1 saturated heterocycles. The van der Waals surface area contributed by atoms with Gasteiger partial charge in [0.25, 0.3) is 0 Å². The van der Waals surface area contributed by atoms with Crippen molar-refractivity contribution in [3.8, 4) is 0 Å². The quantitative estimate of drug-likeness (QED) is 0.636. The number of benzene rings is 1. The average molecular weight is 476 g/mol. The van der Waals surface area contributed by atoms with Crippen molar-refractivity contribution in [2.45, 2.75) is 101 Å². The van der Waals surface area contributed by atoms with Crippen molar-refractivity contribution in [3.05, 3.63) is 35.4 Å². The maximum Gasteiger partial charge on any atom is 0.245 e. The topological polar surface area (TPSA) is 75.4 Å². The van der Waals surface area contributed by atoms with Crippen LogP contribution in [0.3, 0.4) is 0 Å². The minimum Gasteiger partial charge on any atom is -0.343 e. The first-order valence-corrected chi connectivity index (χ1v) is 12.8. The van der Waals surface area contributed by atoms with Gasteiger partial charge in [0, 0.05) is 13.1 Å². The van der Waals surface area contributed by atoms with E-state index in [9.17, 15) is 9.59 Å². The van der Waals surface area contributed by atoms with Crippen LogP contribution < -0.4 is 11.1 Å². The van der Waals surface area contributed by atoms with Crippen LogP contribution >= 0.6 is 12.4 Å². The normalized spacial score (nSPS) is 21.2. The van der Waals surface area contributed by atoms with Crippen molar-refractivity contribution in [3.63, 3.8) is 0 Å². The number of likely N-dealkylation sites (tertiary alicyclic amines) is 1. The van der Waals surface area contributed by atoms with Crippen molar-refractivity contribution < 1.29 is 9.59 Å². The third-order valence-electron chi connectivity index (χ3n) is 8.27. The maximum absolute atomic E-state index is 13.6. The van der Waals surface area contributed by atoms with Crippen LogP contribution in [0.1, 0.15) is 89.2 Å². The number of piperidine rings is 1. The van der Waals surface area contributed by atoms with Gasteiger partial charge >= 0.3 is 0 Å². The number of halogens is 1. The Kier molecular flexibility index (Phi) is 8.50. The van der Waals surface area contributed by atoms with E-state index in [-0.39, 0.29) is 29.6 Å². The van der Waals surface area contributed by atoms with E-state index in [1.54, 1.807) is 13.8 Å². The summed E-state index contributed by atoms with van der Waals surface area (Å²) in [6.07, 6.45) is 12.5. The standard InChI is InChI=1S/C27H41N3O2.ClH/c1-26(2,28)25(32)29-23(13-12-20-8-4-3-5-9-20)24(31)30-18-16-27(17-19-30)15-14-21-10-6-7-11-22(21)27;/h6-7,10-11,20,23H,3-5,8-9,12-19,28H2,1-2H3,(H,29,32);1H. The van der Waals surface area contributed by atoms with Crippen LogP contribution in [0.2, 0.25) is 0 Å². The van der Waals surface area contributed by atoms with Crippen LogP contribution in [-0.4, -0.2) is 41.4 Å². The molecule has 1 saturated carbocycles. The maximum atomic E-state index is 13.6. The molecule has 0 aromatic heterocycles. The van der Waals surface area contributed by atoms with E-state index in [2.05, 4.69) is 29.6 Å². The summed E-state index contributed by atoms with van der Waals surface area (Å²) < 4.78 is 0. The molecule has 184 valence electrons. The predicted molar refractivity (Wildman–Crippen MR) is 136 cm³/mol. The van der Waals surface area contributed by atoms with Gasteiger partial charge in [-0.2, -0.15) is 0 Å². The fraction of sp³-hybridized carbons (Fsp3) is 0.704. The highest BCUT2D eigenvalue weighted by Crippen LogP contribution is 2.46. The van der Waals surface area contributed by atoms with Crippen molar-refractivity contribution >= 4 is 24.2 Å². The van der Waals surface area contributed by atoms with E-state index >= 15 is 0 Å². The molecule has 33 heavy (non-hydrogen) atoms. The molecule has 2 amide bonds. The van der Waals surface area contributed by atoms with Gasteiger partial charge in [0.15, 0.2) is 0 Å². The molecule has 1 aromatic rings. The van der Waals surface area contributed by atoms with Gasteiger partial charge in [-0.3, -0.25) is 9.59 Å². The molecular formula is C27H42ClN3O2. The molecule has 3 N–H and O–H groups in total. The molecule has 0 bridgehead atoms. The van der Waals surface area contributed by atoms with Crippen LogP contribution in [0.5, 0.6) is 0 Å². The van der Waals surface area contributed by atoms with Crippen LogP contribution in [0, 0.1) is 5.92 Å². The number of hydrogen-bond donors (Lipinski definition) is 2. The van der Waals surface area contributed by atoms with Crippen molar-refractivity contribution in [1.82, 2.24) is 10.2 Å². The Morgan fingerprint density at radius 3 is 2.45 bits per heavy atom. The SMILES string of the molecule is CC(C)(N)C(=O)NC(CCC1CCCCC1)C(=O)N1CCC2(CCc3ccccc32)CC1.Cl. The van der Waals surface area contributed by atoms with Crippen LogP contribution in [-0.2, 0) is 21.4 Å². The second-order valence-electron chi connectivity index (χ2n) is 11.1. The summed E-state index contributed by atoms with van der Waals surface area (Å²) in [6, 6.07) is 8.37. The second kappa shape index (κ2) is 10.8. The van der Waals surface area contributed by atoms with E-state index in [1.165, 1.54) is 49.7 Å².